The summed E-state index contributed by atoms with van der Waals surface area (Å²) in [5.74, 6) is 0.159. The molecule has 4 heteroatoms. The van der Waals surface area contributed by atoms with E-state index in [-0.39, 0.29) is 5.84 Å². The van der Waals surface area contributed by atoms with Gasteiger partial charge in [-0.3, -0.25) is 5.41 Å². The highest BCUT2D eigenvalue weighted by Crippen LogP contribution is 1.96. The van der Waals surface area contributed by atoms with Crippen LogP contribution in [0.15, 0.2) is 12.5 Å². The van der Waals surface area contributed by atoms with E-state index in [1.54, 1.807) is 6.33 Å². The summed E-state index contributed by atoms with van der Waals surface area (Å²) in [6.45, 7) is 2.95. The number of hydrogen-bond donors (Lipinski definition) is 2. The van der Waals surface area contributed by atoms with Crippen LogP contribution in [0.25, 0.3) is 0 Å². The smallest absolute Gasteiger partial charge is 0.0966 e. The number of nitrogens with zero attached hydrogens (tertiary/aromatic N) is 2. The maximum Gasteiger partial charge on any atom is 0.0966 e. The van der Waals surface area contributed by atoms with Crippen LogP contribution in [-0.2, 0) is 13.0 Å². The number of hydrogen-bond acceptors (Lipinski definition) is 2. The van der Waals surface area contributed by atoms with Crippen molar-refractivity contribution in [1.82, 2.24) is 9.55 Å². The van der Waals surface area contributed by atoms with Gasteiger partial charge in [-0.15, -0.1) is 0 Å². The summed E-state index contributed by atoms with van der Waals surface area (Å²) >= 11 is 0. The Balaban J connectivity index is 2.65. The van der Waals surface area contributed by atoms with E-state index in [1.807, 2.05) is 17.7 Å². The molecule has 11 heavy (non-hydrogen) atoms. The van der Waals surface area contributed by atoms with E-state index < -0.39 is 0 Å². The molecular formula is C7H12N4. The molecule has 60 valence electrons. The van der Waals surface area contributed by atoms with Crippen molar-refractivity contribution in [2.45, 2.75) is 19.9 Å². The second-order valence-corrected chi connectivity index (χ2v) is 2.40. The Kier molecular flexibility index (Phi) is 2.25. The summed E-state index contributed by atoms with van der Waals surface area (Å²) in [5, 5.41) is 7.03. The largest absolute Gasteiger partial charge is 0.387 e. The highest BCUT2D eigenvalue weighted by atomic mass is 15.0. The van der Waals surface area contributed by atoms with Crippen LogP contribution in [0.5, 0.6) is 0 Å². The van der Waals surface area contributed by atoms with Crippen LogP contribution in [0.2, 0.25) is 0 Å². The Morgan fingerprint density at radius 3 is 3.00 bits per heavy atom. The van der Waals surface area contributed by atoms with Crippen LogP contribution in [0.4, 0.5) is 0 Å². The van der Waals surface area contributed by atoms with Crippen molar-refractivity contribution in [3.05, 3.63) is 18.2 Å². The topological polar surface area (TPSA) is 67.7 Å². The third-order valence-electron chi connectivity index (χ3n) is 1.42. The minimum atomic E-state index is 0.159. The number of aromatic nitrogens is 2. The van der Waals surface area contributed by atoms with Crippen LogP contribution in [0.3, 0.4) is 0 Å². The first-order valence-corrected chi connectivity index (χ1v) is 3.56. The Labute approximate surface area is 65.6 Å². The first-order chi connectivity index (χ1) is 5.22. The summed E-state index contributed by atoms with van der Waals surface area (Å²) in [6, 6.07) is 0. The summed E-state index contributed by atoms with van der Waals surface area (Å²) < 4.78 is 1.96. The van der Waals surface area contributed by atoms with E-state index in [4.69, 9.17) is 11.1 Å². The van der Waals surface area contributed by atoms with E-state index in [0.717, 1.165) is 12.2 Å². The summed E-state index contributed by atoms with van der Waals surface area (Å²) in [6.07, 6.45) is 4.10. The third kappa shape index (κ3) is 2.07. The SMILES string of the molecule is CCn1cnc(CC(=N)N)c1. The highest BCUT2D eigenvalue weighted by Gasteiger charge is 1.97. The normalized spacial score (nSPS) is 9.91. The molecule has 0 aliphatic carbocycles. The Morgan fingerprint density at radius 2 is 2.55 bits per heavy atom. The number of imidazole rings is 1. The number of nitrogens with one attached hydrogen (secondary N) is 1. The summed E-state index contributed by atoms with van der Waals surface area (Å²) in [5.41, 5.74) is 6.07. The monoisotopic (exact) mass is 152 g/mol. The molecule has 0 aromatic carbocycles. The lowest BCUT2D eigenvalue weighted by molar-refractivity contribution is 0.761. The zero-order valence-electron chi connectivity index (χ0n) is 6.54. The third-order valence-corrected chi connectivity index (χ3v) is 1.42. The van der Waals surface area contributed by atoms with Crippen molar-refractivity contribution in [1.29, 1.82) is 5.41 Å². The maximum atomic E-state index is 7.03. The van der Waals surface area contributed by atoms with Crippen molar-refractivity contribution in [3.63, 3.8) is 0 Å². The van der Waals surface area contributed by atoms with Gasteiger partial charge in [0.25, 0.3) is 0 Å². The lowest BCUT2D eigenvalue weighted by atomic mass is 10.3. The first kappa shape index (κ1) is 7.78. The molecule has 0 fully saturated rings. The number of nitrogens with two attached hydrogens (primary N) is 1. The molecular weight excluding hydrogens is 140 g/mol. The van der Waals surface area contributed by atoms with Crippen molar-refractivity contribution >= 4 is 5.84 Å². The van der Waals surface area contributed by atoms with E-state index in [2.05, 4.69) is 4.98 Å². The number of aryl methyl sites for hydroxylation is 1. The van der Waals surface area contributed by atoms with Gasteiger partial charge in [0.2, 0.25) is 0 Å². The Morgan fingerprint density at radius 1 is 1.82 bits per heavy atom. The van der Waals surface area contributed by atoms with Crippen LogP contribution in [-0.4, -0.2) is 15.4 Å². The molecule has 1 rings (SSSR count). The molecule has 4 nitrogen and oxygen atoms in total. The van der Waals surface area contributed by atoms with Gasteiger partial charge in [-0.1, -0.05) is 0 Å². The number of amidine groups is 1. The van der Waals surface area contributed by atoms with E-state index >= 15 is 0 Å². The van der Waals surface area contributed by atoms with Crippen molar-refractivity contribution in [2.75, 3.05) is 0 Å². The fourth-order valence-electron chi connectivity index (χ4n) is 0.866. The molecule has 0 bridgehead atoms. The average molecular weight is 152 g/mol. The molecule has 0 spiro atoms. The molecule has 0 saturated carbocycles. The Bertz CT molecular complexity index is 251. The van der Waals surface area contributed by atoms with Gasteiger partial charge in [-0.2, -0.15) is 0 Å². The predicted molar refractivity (Wildman–Crippen MR) is 43.5 cm³/mol. The van der Waals surface area contributed by atoms with E-state index in [9.17, 15) is 0 Å². The first-order valence-electron chi connectivity index (χ1n) is 3.56. The van der Waals surface area contributed by atoms with Crippen LogP contribution < -0.4 is 5.73 Å². The highest BCUT2D eigenvalue weighted by molar-refractivity contribution is 5.78. The molecule has 0 amide bonds. The molecule has 0 atom stereocenters. The maximum absolute atomic E-state index is 7.03. The fraction of sp³-hybridized carbons (Fsp3) is 0.429. The molecule has 0 radical (unpaired) electrons. The van der Waals surface area contributed by atoms with Gasteiger partial charge >= 0.3 is 0 Å². The van der Waals surface area contributed by atoms with E-state index in [1.165, 1.54) is 0 Å². The van der Waals surface area contributed by atoms with Crippen LogP contribution >= 0.6 is 0 Å². The molecule has 1 aromatic rings. The van der Waals surface area contributed by atoms with Gasteiger partial charge in [0, 0.05) is 19.2 Å². The van der Waals surface area contributed by atoms with Crippen molar-refractivity contribution < 1.29 is 0 Å². The molecule has 3 N–H and O–H groups in total. The lowest BCUT2D eigenvalue weighted by Gasteiger charge is -1.92. The van der Waals surface area contributed by atoms with Gasteiger partial charge < -0.3 is 10.3 Å². The molecule has 0 aliphatic rings. The molecule has 0 unspecified atom stereocenters. The Hall–Kier alpha value is -1.32. The van der Waals surface area contributed by atoms with Crippen LogP contribution in [0.1, 0.15) is 12.6 Å². The minimum Gasteiger partial charge on any atom is -0.387 e. The fourth-order valence-corrected chi connectivity index (χ4v) is 0.866. The second-order valence-electron chi connectivity index (χ2n) is 2.40. The molecule has 0 aliphatic heterocycles. The lowest BCUT2D eigenvalue weighted by Crippen LogP contribution is -2.12. The van der Waals surface area contributed by atoms with Gasteiger partial charge in [0.15, 0.2) is 0 Å². The molecule has 1 heterocycles. The minimum absolute atomic E-state index is 0.159. The van der Waals surface area contributed by atoms with E-state index in [0.29, 0.717) is 6.42 Å². The predicted octanol–water partition coefficient (Wildman–Crippen LogP) is 0.381. The quantitative estimate of drug-likeness (QED) is 0.485. The number of rotatable bonds is 3. The van der Waals surface area contributed by atoms with Crippen LogP contribution in [0, 0.1) is 5.41 Å². The van der Waals surface area contributed by atoms with Gasteiger partial charge in [0.1, 0.15) is 0 Å². The average Bonchev–Trinajstić information content (AvgIpc) is 2.34. The molecule has 0 saturated heterocycles. The molecule has 1 aromatic heterocycles. The zero-order chi connectivity index (χ0) is 8.27. The van der Waals surface area contributed by atoms with Crippen molar-refractivity contribution in [2.24, 2.45) is 5.73 Å². The standard InChI is InChI=1S/C7H12N4/c1-2-11-4-6(10-5-11)3-7(8)9/h4-5H,2-3H2,1H3,(H3,8,9). The van der Waals surface area contributed by atoms with Gasteiger partial charge in [-0.25, -0.2) is 4.98 Å². The second kappa shape index (κ2) is 3.18. The zero-order valence-corrected chi connectivity index (χ0v) is 6.54. The van der Waals surface area contributed by atoms with Gasteiger partial charge in [-0.05, 0) is 6.92 Å². The summed E-state index contributed by atoms with van der Waals surface area (Å²) in [4.78, 5) is 4.07. The van der Waals surface area contributed by atoms with Crippen molar-refractivity contribution in [3.8, 4) is 0 Å². The summed E-state index contributed by atoms with van der Waals surface area (Å²) in [7, 11) is 0. The van der Waals surface area contributed by atoms with Gasteiger partial charge in [0.05, 0.1) is 17.9 Å².